The van der Waals surface area contributed by atoms with Crippen molar-refractivity contribution in [2.24, 2.45) is 22.7 Å². The second-order valence-corrected chi connectivity index (χ2v) is 19.7. The normalized spacial score (nSPS) is 19.9. The van der Waals surface area contributed by atoms with E-state index in [2.05, 4.69) is 117 Å². The number of rotatable bonds is 5. The Kier molecular flexibility index (Phi) is 13.4. The average molecular weight is 905 g/mol. The Hall–Kier alpha value is -2.81. The third-order valence-corrected chi connectivity index (χ3v) is 12.5. The zero-order valence-corrected chi connectivity index (χ0v) is 37.2. The number of aryl methyl sites for hydroxylation is 2. The van der Waals surface area contributed by atoms with E-state index in [1.165, 1.54) is 96.2 Å². The zero-order valence-electron chi connectivity index (χ0n) is 34.8. The van der Waals surface area contributed by atoms with E-state index in [0.717, 1.165) is 42.5 Å². The average Bonchev–Trinajstić information content (AvgIpc) is 3.09. The smallest absolute Gasteiger partial charge is 0.162 e. The van der Waals surface area contributed by atoms with Crippen molar-refractivity contribution in [2.75, 3.05) is 0 Å². The summed E-state index contributed by atoms with van der Waals surface area (Å²) >= 11 is 0. The summed E-state index contributed by atoms with van der Waals surface area (Å²) in [5, 5.41) is 13.8. The van der Waals surface area contributed by atoms with Gasteiger partial charge in [-0.15, -0.1) is 29.1 Å². The summed E-state index contributed by atoms with van der Waals surface area (Å²) in [6.45, 7) is 21.2. The van der Waals surface area contributed by atoms with Crippen LogP contribution in [0.2, 0.25) is 0 Å². The van der Waals surface area contributed by atoms with E-state index in [1.807, 2.05) is 0 Å². The topological polar surface area (TPSA) is 50.2 Å². The molecule has 0 unspecified atom stereocenters. The Bertz CT molecular complexity index is 1950. The van der Waals surface area contributed by atoms with Crippen molar-refractivity contribution in [1.82, 2.24) is 4.98 Å². The van der Waals surface area contributed by atoms with Gasteiger partial charge in [0.15, 0.2) is 5.78 Å². The summed E-state index contributed by atoms with van der Waals surface area (Å²) in [5.41, 5.74) is 9.44. The van der Waals surface area contributed by atoms with E-state index in [4.69, 9.17) is 4.98 Å². The minimum absolute atomic E-state index is 0. The summed E-state index contributed by atoms with van der Waals surface area (Å²) in [5.74, 6) is 1.51. The molecule has 3 fully saturated rings. The van der Waals surface area contributed by atoms with Crippen LogP contribution in [-0.4, -0.2) is 15.9 Å². The zero-order chi connectivity index (χ0) is 38.1. The number of ketones is 1. The third-order valence-electron chi connectivity index (χ3n) is 12.5. The van der Waals surface area contributed by atoms with Gasteiger partial charge in [0.25, 0.3) is 0 Å². The van der Waals surface area contributed by atoms with Gasteiger partial charge in [0.05, 0.1) is 11.3 Å². The molecule has 0 amide bonds. The van der Waals surface area contributed by atoms with Gasteiger partial charge >= 0.3 is 0 Å². The molecule has 3 aromatic carbocycles. The van der Waals surface area contributed by atoms with Gasteiger partial charge in [-0.2, -0.15) is 0 Å². The molecular formula is C50H66IrNO2-. The van der Waals surface area contributed by atoms with E-state index >= 15 is 0 Å². The van der Waals surface area contributed by atoms with E-state index in [0.29, 0.717) is 22.5 Å². The van der Waals surface area contributed by atoms with Crippen LogP contribution < -0.4 is 0 Å². The molecule has 3 aliphatic carbocycles. The molecule has 3 aliphatic rings. The summed E-state index contributed by atoms with van der Waals surface area (Å²) < 4.78 is 0. The van der Waals surface area contributed by atoms with Gasteiger partial charge in [-0.05, 0) is 104 Å². The van der Waals surface area contributed by atoms with Crippen molar-refractivity contribution < 1.29 is 30.0 Å². The molecule has 1 heterocycles. The van der Waals surface area contributed by atoms with Gasteiger partial charge in [0.1, 0.15) is 0 Å². The predicted molar refractivity (Wildman–Crippen MR) is 225 cm³/mol. The Balaban J connectivity index is 0.000000262. The number of pyridine rings is 1. The number of nitrogens with zero attached hydrogens (tertiary/aromatic N) is 1. The molecule has 0 atom stereocenters. The van der Waals surface area contributed by atoms with Crippen molar-refractivity contribution in [3.05, 3.63) is 88.7 Å². The summed E-state index contributed by atoms with van der Waals surface area (Å²) in [6.07, 6.45) is 16.7. The first-order chi connectivity index (χ1) is 25.0. The number of hydrogen-bond donors (Lipinski definition) is 1. The van der Waals surface area contributed by atoms with Crippen LogP contribution >= 0.6 is 0 Å². The molecule has 3 nitrogen and oxygen atoms in total. The molecular weight excluding hydrogens is 839 g/mol. The number of fused-ring (bicyclic) bond motifs is 2. The number of aliphatic hydroxyl groups is 1. The minimum atomic E-state index is 0. The molecule has 0 spiro atoms. The number of carbonyl (C=O) groups excluding carboxylic acids is 1. The third kappa shape index (κ3) is 10.1. The molecule has 293 valence electrons. The second-order valence-electron chi connectivity index (χ2n) is 19.7. The minimum Gasteiger partial charge on any atom is -0.512 e. The van der Waals surface area contributed by atoms with Crippen LogP contribution in [0.5, 0.6) is 0 Å². The van der Waals surface area contributed by atoms with E-state index < -0.39 is 0 Å². The van der Waals surface area contributed by atoms with Gasteiger partial charge in [0.2, 0.25) is 0 Å². The number of aliphatic hydroxyl groups excluding tert-OH is 1. The number of allylic oxidation sites excluding steroid dienone is 2. The van der Waals surface area contributed by atoms with Crippen LogP contribution in [0.1, 0.15) is 160 Å². The number of aromatic nitrogens is 1. The number of hydrogen-bond acceptors (Lipinski definition) is 3. The fourth-order valence-electron chi connectivity index (χ4n) is 10.5. The maximum absolute atomic E-state index is 12.0. The number of benzene rings is 3. The van der Waals surface area contributed by atoms with Gasteiger partial charge in [0, 0.05) is 49.1 Å². The molecule has 7 rings (SSSR count). The summed E-state index contributed by atoms with van der Waals surface area (Å²) in [6, 6.07) is 21.8. The predicted octanol–water partition coefficient (Wildman–Crippen LogP) is 14.2. The van der Waals surface area contributed by atoms with Crippen LogP contribution in [0.15, 0.2) is 60.4 Å². The molecule has 0 saturated heterocycles. The van der Waals surface area contributed by atoms with Crippen LogP contribution in [0.25, 0.3) is 32.9 Å². The van der Waals surface area contributed by atoms with Crippen LogP contribution in [0.4, 0.5) is 0 Å². The van der Waals surface area contributed by atoms with E-state index in [-0.39, 0.29) is 43.1 Å². The van der Waals surface area contributed by atoms with E-state index in [1.54, 1.807) is 6.08 Å². The van der Waals surface area contributed by atoms with Crippen molar-refractivity contribution in [3.63, 3.8) is 0 Å². The first-order valence-electron chi connectivity index (χ1n) is 20.8. The Morgan fingerprint density at radius 3 is 2.04 bits per heavy atom. The molecule has 1 aromatic heterocycles. The summed E-state index contributed by atoms with van der Waals surface area (Å²) in [7, 11) is 0. The Morgan fingerprint density at radius 1 is 0.833 bits per heavy atom. The molecule has 0 aliphatic heterocycles. The molecule has 1 N–H and O–H groups in total. The van der Waals surface area contributed by atoms with Gasteiger partial charge < -0.3 is 5.11 Å². The molecule has 54 heavy (non-hydrogen) atoms. The largest absolute Gasteiger partial charge is 0.512 e. The van der Waals surface area contributed by atoms with Crippen molar-refractivity contribution in [1.29, 1.82) is 0 Å². The standard InChI is InChI=1S/C35H42N.C15H24O2.Ir/c1-22-14-23(2)32-28(26-19-34(6,7)21-35(8,9)20-26)18-30(36-31(32)15-22)25-16-24-12-10-11-13-27(24)29(17-25)33(3,4)5;16-14(12-7-3-1-4-8-12)11-15(17)13-9-5-2-6-10-13;/h10-15,17-18,26H,19-21H2,1-9H3;11-13,16H,1-10H2;/q-1;;/b;14-11-;. The monoisotopic (exact) mass is 905 g/mol. The second kappa shape index (κ2) is 17.1. The molecule has 0 bridgehead atoms. The first-order valence-corrected chi connectivity index (χ1v) is 20.8. The fourth-order valence-corrected chi connectivity index (χ4v) is 10.5. The van der Waals surface area contributed by atoms with Gasteiger partial charge in [-0.3, -0.25) is 9.78 Å². The maximum atomic E-state index is 12.0. The Labute approximate surface area is 340 Å². The molecule has 4 aromatic rings. The van der Waals surface area contributed by atoms with E-state index in [9.17, 15) is 9.90 Å². The van der Waals surface area contributed by atoms with Crippen molar-refractivity contribution in [3.8, 4) is 11.3 Å². The maximum Gasteiger partial charge on any atom is 0.162 e. The van der Waals surface area contributed by atoms with Gasteiger partial charge in [-0.25, -0.2) is 0 Å². The Morgan fingerprint density at radius 2 is 1.43 bits per heavy atom. The number of carbonyl (C=O) groups is 1. The fraction of sp³-hybridized carbons (Fsp3) is 0.560. The van der Waals surface area contributed by atoms with Gasteiger partial charge in [-0.1, -0.05) is 128 Å². The molecule has 3 saturated carbocycles. The summed E-state index contributed by atoms with van der Waals surface area (Å²) in [4.78, 5) is 17.3. The van der Waals surface area contributed by atoms with Crippen LogP contribution in [0.3, 0.4) is 0 Å². The van der Waals surface area contributed by atoms with Crippen molar-refractivity contribution >= 4 is 27.5 Å². The van der Waals surface area contributed by atoms with Crippen LogP contribution in [0, 0.1) is 42.6 Å². The SMILES string of the molecule is Cc1cc(C)c2c(C3CC(C)(C)CC(C)(C)C3)cc(-c3[c-]c4ccccc4c(C(C)(C)C)c3)nc2c1.O=C(/C=C(\O)C1CCCCC1)C1CCCCC1.[Ir]. The first kappa shape index (κ1) is 42.3. The van der Waals surface area contributed by atoms with Crippen LogP contribution in [-0.2, 0) is 30.3 Å². The quantitative estimate of drug-likeness (QED) is 0.123. The molecule has 1 radical (unpaired) electrons. The molecule has 4 heteroatoms. The van der Waals surface area contributed by atoms with Crippen molar-refractivity contribution in [2.45, 2.75) is 157 Å².